The molecule has 0 bridgehead atoms. The van der Waals surface area contributed by atoms with E-state index in [1.807, 2.05) is 48.5 Å². The van der Waals surface area contributed by atoms with Crippen molar-refractivity contribution in [3.05, 3.63) is 65.9 Å². The summed E-state index contributed by atoms with van der Waals surface area (Å²) in [5.74, 6) is 1.24. The number of anilines is 1. The van der Waals surface area contributed by atoms with Crippen LogP contribution in [0.25, 0.3) is 21.7 Å². The molecule has 2 aliphatic rings. The zero-order valence-corrected chi connectivity index (χ0v) is 20.2. The summed E-state index contributed by atoms with van der Waals surface area (Å²) in [6, 6.07) is 17.2. The number of H-pyrrole nitrogens is 1. The molecule has 1 amide bonds. The van der Waals surface area contributed by atoms with E-state index in [1.165, 1.54) is 19.5 Å². The lowest BCUT2D eigenvalue weighted by molar-refractivity contribution is 0.0984. The minimum atomic E-state index is -0.137. The molecular weight excluding hydrogens is 462 g/mol. The number of nitrogens with one attached hydrogen (secondary N) is 1. The monoisotopic (exact) mass is 489 g/mol. The number of aromatic amines is 1. The molecule has 2 N–H and O–H groups in total. The number of fused-ring (bicyclic) bond motifs is 4. The molecule has 7 heteroatoms. The molecule has 3 heterocycles. The Morgan fingerprint density at radius 3 is 2.71 bits per heavy atom. The summed E-state index contributed by atoms with van der Waals surface area (Å²) in [6.45, 7) is 4.65. The Bertz CT molecular complexity index is 1410. The number of alkyl halides is 1. The first-order chi connectivity index (χ1) is 17.1. The highest BCUT2D eigenvalue weighted by molar-refractivity contribution is 6.19. The molecule has 0 radical (unpaired) electrons. The Morgan fingerprint density at radius 1 is 1.11 bits per heavy atom. The standard InChI is InChI=1S/C28H28ClN3O3/c29-16-19-17-32(25-15-26(33)21-5-1-2-6-22(21)27(19)25)28(34)24-14-18-13-20(7-8-23(18)30-24)35-12-4-11-31-9-3-10-31/h1-2,5-8,13-15,19,30,33H,3-4,9-12,16-17H2. The molecule has 6 nitrogen and oxygen atoms in total. The molecule has 3 aromatic carbocycles. The minimum absolute atomic E-state index is 0.00163. The molecule has 6 rings (SSSR count). The molecule has 1 fully saturated rings. The number of halogens is 1. The summed E-state index contributed by atoms with van der Waals surface area (Å²) < 4.78 is 5.95. The number of hydrogen-bond donors (Lipinski definition) is 2. The van der Waals surface area contributed by atoms with Crippen molar-refractivity contribution in [1.82, 2.24) is 9.88 Å². The van der Waals surface area contributed by atoms with E-state index in [-0.39, 0.29) is 17.6 Å². The van der Waals surface area contributed by atoms with Crippen molar-refractivity contribution < 1.29 is 14.6 Å². The van der Waals surface area contributed by atoms with Gasteiger partial charge in [-0.15, -0.1) is 11.6 Å². The highest BCUT2D eigenvalue weighted by Crippen LogP contribution is 2.45. The Morgan fingerprint density at radius 2 is 1.94 bits per heavy atom. The van der Waals surface area contributed by atoms with Gasteiger partial charge in [0.2, 0.25) is 0 Å². The summed E-state index contributed by atoms with van der Waals surface area (Å²) in [5, 5.41) is 13.3. The molecule has 0 saturated carbocycles. The predicted octanol–water partition coefficient (Wildman–Crippen LogP) is 5.48. The number of likely N-dealkylation sites (tertiary alicyclic amines) is 1. The first-order valence-corrected chi connectivity index (χ1v) is 12.8. The van der Waals surface area contributed by atoms with Gasteiger partial charge < -0.3 is 24.6 Å². The van der Waals surface area contributed by atoms with E-state index in [0.717, 1.165) is 51.6 Å². The van der Waals surface area contributed by atoms with Crippen molar-refractivity contribution in [2.24, 2.45) is 0 Å². The van der Waals surface area contributed by atoms with Crippen LogP contribution in [0.2, 0.25) is 0 Å². The van der Waals surface area contributed by atoms with Gasteiger partial charge in [-0.3, -0.25) is 4.79 Å². The van der Waals surface area contributed by atoms with E-state index in [9.17, 15) is 9.90 Å². The maximum atomic E-state index is 13.6. The average molecular weight is 490 g/mol. The number of carbonyl (C=O) groups is 1. The summed E-state index contributed by atoms with van der Waals surface area (Å²) >= 11 is 6.33. The topological polar surface area (TPSA) is 68.8 Å². The lowest BCUT2D eigenvalue weighted by Crippen LogP contribution is -2.38. The first-order valence-electron chi connectivity index (χ1n) is 12.2. The van der Waals surface area contributed by atoms with E-state index in [2.05, 4.69) is 9.88 Å². The van der Waals surface area contributed by atoms with Crippen LogP contribution in [0.3, 0.4) is 0 Å². The maximum absolute atomic E-state index is 13.6. The number of rotatable bonds is 7. The van der Waals surface area contributed by atoms with Crippen LogP contribution >= 0.6 is 11.6 Å². The summed E-state index contributed by atoms with van der Waals surface area (Å²) in [5.41, 5.74) is 3.13. The fourth-order valence-electron chi connectivity index (χ4n) is 5.29. The molecule has 4 aromatic rings. The highest BCUT2D eigenvalue weighted by Gasteiger charge is 2.35. The molecule has 1 unspecified atom stereocenters. The number of nitrogens with zero attached hydrogens (tertiary/aromatic N) is 2. The van der Waals surface area contributed by atoms with E-state index < -0.39 is 0 Å². The molecule has 35 heavy (non-hydrogen) atoms. The fourth-order valence-corrected chi connectivity index (χ4v) is 5.54. The zero-order valence-electron chi connectivity index (χ0n) is 19.5. The van der Waals surface area contributed by atoms with Crippen molar-refractivity contribution in [2.45, 2.75) is 18.8 Å². The lowest BCUT2D eigenvalue weighted by Gasteiger charge is -2.30. The second-order valence-electron chi connectivity index (χ2n) is 9.47. The maximum Gasteiger partial charge on any atom is 0.274 e. The summed E-state index contributed by atoms with van der Waals surface area (Å²) in [7, 11) is 0. The molecule has 0 aliphatic carbocycles. The number of aromatic nitrogens is 1. The largest absolute Gasteiger partial charge is 0.507 e. The van der Waals surface area contributed by atoms with Crippen LogP contribution < -0.4 is 9.64 Å². The van der Waals surface area contributed by atoms with Crippen LogP contribution in [-0.4, -0.2) is 59.6 Å². The Balaban J connectivity index is 1.25. The van der Waals surface area contributed by atoms with Crippen molar-refractivity contribution in [2.75, 3.05) is 43.6 Å². The minimum Gasteiger partial charge on any atom is -0.507 e. The Labute approximate surface area is 209 Å². The van der Waals surface area contributed by atoms with Gasteiger partial charge in [-0.1, -0.05) is 24.3 Å². The Kier molecular flexibility index (Phi) is 5.78. The van der Waals surface area contributed by atoms with E-state index >= 15 is 0 Å². The van der Waals surface area contributed by atoms with Gasteiger partial charge in [-0.25, -0.2) is 0 Å². The van der Waals surface area contributed by atoms with Crippen molar-refractivity contribution in [1.29, 1.82) is 0 Å². The van der Waals surface area contributed by atoms with Crippen LogP contribution in [0.4, 0.5) is 5.69 Å². The van der Waals surface area contributed by atoms with Crippen molar-refractivity contribution >= 4 is 44.9 Å². The SMILES string of the molecule is O=C(c1cc2cc(OCCCN3CCC3)ccc2[nH]1)N1CC(CCl)c2c1cc(O)c1ccccc21. The van der Waals surface area contributed by atoms with Gasteiger partial charge in [-0.05, 0) is 61.1 Å². The molecule has 1 aromatic heterocycles. The quantitative estimate of drug-likeness (QED) is 0.266. The number of phenols is 1. The van der Waals surface area contributed by atoms with E-state index in [0.29, 0.717) is 24.7 Å². The van der Waals surface area contributed by atoms with Gasteiger partial charge in [0.05, 0.1) is 12.3 Å². The summed E-state index contributed by atoms with van der Waals surface area (Å²) in [6.07, 6.45) is 2.31. The van der Waals surface area contributed by atoms with Crippen LogP contribution in [-0.2, 0) is 0 Å². The zero-order chi connectivity index (χ0) is 23.9. The predicted molar refractivity (Wildman–Crippen MR) is 140 cm³/mol. The lowest BCUT2D eigenvalue weighted by atomic mass is 9.95. The normalized spacial score (nSPS) is 17.6. The molecule has 180 valence electrons. The van der Waals surface area contributed by atoms with Gasteiger partial charge >= 0.3 is 0 Å². The fraction of sp³-hybridized carbons (Fsp3) is 0.321. The third kappa shape index (κ3) is 4.01. The molecule has 0 spiro atoms. The van der Waals surface area contributed by atoms with Crippen molar-refractivity contribution in [3.8, 4) is 11.5 Å². The smallest absolute Gasteiger partial charge is 0.274 e. The number of aromatic hydroxyl groups is 1. The number of phenolic OH excluding ortho intramolecular Hbond substituents is 1. The second kappa shape index (κ2) is 9.10. The molecule has 2 aliphatic heterocycles. The molecule has 1 atom stereocenters. The van der Waals surface area contributed by atoms with Gasteiger partial charge in [0.15, 0.2) is 0 Å². The van der Waals surface area contributed by atoms with Gasteiger partial charge in [0, 0.05) is 47.2 Å². The Hall–Kier alpha value is -3.22. The number of ether oxygens (including phenoxy) is 1. The number of carbonyl (C=O) groups excluding carboxylic acids is 1. The first kappa shape index (κ1) is 22.3. The van der Waals surface area contributed by atoms with Gasteiger partial charge in [0.25, 0.3) is 5.91 Å². The van der Waals surface area contributed by atoms with Crippen LogP contribution in [0.1, 0.15) is 34.8 Å². The number of amides is 1. The third-order valence-electron chi connectivity index (χ3n) is 7.23. The summed E-state index contributed by atoms with van der Waals surface area (Å²) in [4.78, 5) is 21.0. The van der Waals surface area contributed by atoms with Crippen molar-refractivity contribution in [3.63, 3.8) is 0 Å². The van der Waals surface area contributed by atoms with E-state index in [4.69, 9.17) is 16.3 Å². The molecule has 1 saturated heterocycles. The number of hydrogen-bond acceptors (Lipinski definition) is 4. The average Bonchev–Trinajstić information content (AvgIpc) is 3.44. The third-order valence-corrected chi connectivity index (χ3v) is 7.61. The van der Waals surface area contributed by atoms with E-state index in [1.54, 1.807) is 11.0 Å². The van der Waals surface area contributed by atoms with Gasteiger partial charge in [-0.2, -0.15) is 0 Å². The second-order valence-corrected chi connectivity index (χ2v) is 9.78. The van der Waals surface area contributed by atoms with Crippen LogP contribution in [0, 0.1) is 0 Å². The highest BCUT2D eigenvalue weighted by atomic mass is 35.5. The van der Waals surface area contributed by atoms with Crippen LogP contribution in [0.15, 0.2) is 54.6 Å². The molecular formula is C28H28ClN3O3. The van der Waals surface area contributed by atoms with Gasteiger partial charge in [0.1, 0.15) is 17.2 Å². The number of benzene rings is 3. The van der Waals surface area contributed by atoms with Crippen LogP contribution in [0.5, 0.6) is 11.5 Å².